The van der Waals surface area contributed by atoms with Gasteiger partial charge in [-0.05, 0) is 74.3 Å². The molecule has 0 aromatic heterocycles. The molecule has 7 heteroatoms. The monoisotopic (exact) mass is 518 g/mol. The standard InChI is InChI=1S/C29H42O6S/c1-7-27(5)17-24(35-25(30)18-34-36(32,33)22-12-10-19(2)11-13-22)28(6)20(3)14-16-29(21(4)26(27)31)15-8-9-23(28)29/h7,10-13,20-21,23-24,26,31H,1,8-9,14-18H2,2-6H3/t20?,21-,23-,24+,26-,27+,28+,29+/m0/s1. The van der Waals surface area contributed by atoms with E-state index in [0.29, 0.717) is 18.3 Å². The van der Waals surface area contributed by atoms with E-state index >= 15 is 0 Å². The number of hydrogen-bond acceptors (Lipinski definition) is 6. The average Bonchev–Trinajstić information content (AvgIpc) is 3.30. The van der Waals surface area contributed by atoms with Gasteiger partial charge in [-0.25, -0.2) is 4.79 Å². The normalized spacial score (nSPS) is 40.6. The maximum atomic E-state index is 13.1. The summed E-state index contributed by atoms with van der Waals surface area (Å²) in [5.41, 5.74) is -0.00424. The van der Waals surface area contributed by atoms with Crippen molar-refractivity contribution < 1.29 is 27.2 Å². The van der Waals surface area contributed by atoms with Gasteiger partial charge in [0.05, 0.1) is 11.0 Å². The maximum absolute atomic E-state index is 13.1. The Balaban J connectivity index is 1.62. The van der Waals surface area contributed by atoms with Crippen LogP contribution in [0.3, 0.4) is 0 Å². The molecule has 2 bridgehead atoms. The fourth-order valence-corrected chi connectivity index (χ4v) is 8.73. The topological polar surface area (TPSA) is 89.9 Å². The van der Waals surface area contributed by atoms with Crippen molar-refractivity contribution in [2.75, 3.05) is 6.61 Å². The summed E-state index contributed by atoms with van der Waals surface area (Å²) in [5.74, 6) is 0.0512. The summed E-state index contributed by atoms with van der Waals surface area (Å²) in [5, 5.41) is 11.6. The minimum absolute atomic E-state index is 0.00129. The number of carbonyl (C=O) groups excluding carboxylic acids is 1. The maximum Gasteiger partial charge on any atom is 0.333 e. The fourth-order valence-electron chi connectivity index (χ4n) is 7.87. The molecule has 36 heavy (non-hydrogen) atoms. The second-order valence-electron chi connectivity index (χ2n) is 12.1. The van der Waals surface area contributed by atoms with Gasteiger partial charge in [0.1, 0.15) is 6.10 Å². The molecule has 0 amide bonds. The van der Waals surface area contributed by atoms with Gasteiger partial charge in [-0.2, -0.15) is 8.42 Å². The van der Waals surface area contributed by atoms with E-state index in [9.17, 15) is 18.3 Å². The highest BCUT2D eigenvalue weighted by atomic mass is 32.2. The van der Waals surface area contributed by atoms with Crippen molar-refractivity contribution in [2.24, 2.45) is 34.0 Å². The molecular weight excluding hydrogens is 476 g/mol. The van der Waals surface area contributed by atoms with Gasteiger partial charge in [-0.15, -0.1) is 6.58 Å². The third-order valence-electron chi connectivity index (χ3n) is 10.4. The number of carbonyl (C=O) groups is 1. The lowest BCUT2D eigenvalue weighted by atomic mass is 9.44. The van der Waals surface area contributed by atoms with Crippen LogP contribution in [-0.4, -0.2) is 38.3 Å². The smallest absolute Gasteiger partial charge is 0.333 e. The highest BCUT2D eigenvalue weighted by Gasteiger charge is 2.65. The molecule has 3 saturated carbocycles. The third kappa shape index (κ3) is 4.35. The first-order chi connectivity index (χ1) is 16.8. The zero-order valence-corrected chi connectivity index (χ0v) is 23.1. The predicted octanol–water partition coefficient (Wildman–Crippen LogP) is 5.43. The van der Waals surface area contributed by atoms with Crippen LogP contribution >= 0.6 is 0 Å². The number of ether oxygens (including phenoxy) is 1. The fraction of sp³-hybridized carbons (Fsp3) is 0.690. The van der Waals surface area contributed by atoms with Crippen molar-refractivity contribution in [1.82, 2.24) is 0 Å². The Kier molecular flexibility index (Phi) is 7.26. The molecule has 1 N–H and O–H groups in total. The number of aliphatic hydroxyl groups excluding tert-OH is 1. The van der Waals surface area contributed by atoms with Crippen molar-refractivity contribution in [2.45, 2.75) is 90.2 Å². The van der Waals surface area contributed by atoms with E-state index in [1.54, 1.807) is 12.1 Å². The van der Waals surface area contributed by atoms with E-state index in [2.05, 4.69) is 27.4 Å². The van der Waals surface area contributed by atoms with Crippen LogP contribution in [0.25, 0.3) is 0 Å². The molecule has 1 aromatic rings. The molecule has 3 aliphatic carbocycles. The molecule has 0 aliphatic heterocycles. The van der Waals surface area contributed by atoms with Crippen molar-refractivity contribution in [3.8, 4) is 0 Å². The molecule has 6 nitrogen and oxygen atoms in total. The van der Waals surface area contributed by atoms with Crippen LogP contribution in [0.15, 0.2) is 41.8 Å². The average molecular weight is 519 g/mol. The SMILES string of the molecule is C=C[C@]1(C)C[C@@H](OC(=O)COS(=O)(=O)c2ccc(C)cc2)[C@]2(C)C(C)CC[C@]3(CCC[C@H]32)[C@@H](C)[C@@H]1O. The second-order valence-corrected chi connectivity index (χ2v) is 13.8. The number of aliphatic hydroxyl groups is 1. The number of hydrogen-bond donors (Lipinski definition) is 1. The summed E-state index contributed by atoms with van der Waals surface area (Å²) in [6.45, 7) is 13.9. The van der Waals surface area contributed by atoms with Gasteiger partial charge in [-0.1, -0.05) is 57.9 Å². The third-order valence-corrected chi connectivity index (χ3v) is 11.7. The van der Waals surface area contributed by atoms with E-state index in [1.807, 2.05) is 19.9 Å². The molecule has 8 atom stereocenters. The Morgan fingerprint density at radius 1 is 1.17 bits per heavy atom. The van der Waals surface area contributed by atoms with Gasteiger partial charge in [0.2, 0.25) is 0 Å². The summed E-state index contributed by atoms with van der Waals surface area (Å²) < 4.78 is 36.5. The molecule has 3 fully saturated rings. The molecular formula is C29H42O6S. The quantitative estimate of drug-likeness (QED) is 0.307. The summed E-state index contributed by atoms with van der Waals surface area (Å²) in [4.78, 5) is 13.1. The van der Waals surface area contributed by atoms with Crippen LogP contribution < -0.4 is 0 Å². The Hall–Kier alpha value is -1.70. The molecule has 0 saturated heterocycles. The van der Waals surface area contributed by atoms with Crippen molar-refractivity contribution in [3.05, 3.63) is 42.5 Å². The summed E-state index contributed by atoms with van der Waals surface area (Å²) in [6, 6.07) is 6.30. The number of esters is 1. The van der Waals surface area contributed by atoms with E-state index in [-0.39, 0.29) is 21.6 Å². The predicted molar refractivity (Wildman–Crippen MR) is 139 cm³/mol. The van der Waals surface area contributed by atoms with Crippen molar-refractivity contribution in [1.29, 1.82) is 0 Å². The molecule has 4 rings (SSSR count). The van der Waals surface area contributed by atoms with Crippen molar-refractivity contribution in [3.63, 3.8) is 0 Å². The lowest BCUT2D eigenvalue weighted by molar-refractivity contribution is -0.208. The van der Waals surface area contributed by atoms with Gasteiger partial charge in [-0.3, -0.25) is 4.18 Å². The van der Waals surface area contributed by atoms with E-state index in [1.165, 1.54) is 12.1 Å². The molecule has 200 valence electrons. The number of aryl methyl sites for hydroxylation is 1. The van der Waals surface area contributed by atoms with Crippen LogP contribution in [0.5, 0.6) is 0 Å². The Morgan fingerprint density at radius 3 is 2.47 bits per heavy atom. The van der Waals surface area contributed by atoms with Crippen molar-refractivity contribution >= 4 is 16.1 Å². The molecule has 1 unspecified atom stereocenters. The largest absolute Gasteiger partial charge is 0.460 e. The first kappa shape index (κ1) is 27.3. The minimum atomic E-state index is -4.08. The Bertz CT molecular complexity index is 1100. The molecule has 0 radical (unpaired) electrons. The van der Waals surface area contributed by atoms with Gasteiger partial charge in [0.25, 0.3) is 10.1 Å². The van der Waals surface area contributed by atoms with E-state index < -0.39 is 40.3 Å². The molecule has 1 aromatic carbocycles. The second kappa shape index (κ2) is 9.55. The first-order valence-corrected chi connectivity index (χ1v) is 14.7. The van der Waals surface area contributed by atoms with E-state index in [0.717, 1.165) is 37.7 Å². The first-order valence-electron chi connectivity index (χ1n) is 13.3. The lowest BCUT2D eigenvalue weighted by Crippen LogP contribution is -2.61. The zero-order valence-electron chi connectivity index (χ0n) is 22.3. The molecule has 3 aliphatic rings. The Labute approximate surface area is 216 Å². The van der Waals surface area contributed by atoms with E-state index in [4.69, 9.17) is 8.92 Å². The molecule has 0 spiro atoms. The Morgan fingerprint density at radius 2 is 1.83 bits per heavy atom. The summed E-state index contributed by atoms with van der Waals surface area (Å²) >= 11 is 0. The minimum Gasteiger partial charge on any atom is -0.460 e. The van der Waals surface area contributed by atoms with Gasteiger partial charge in [0.15, 0.2) is 6.61 Å². The summed E-state index contributed by atoms with van der Waals surface area (Å²) in [6.07, 6.45) is 6.47. The zero-order chi connectivity index (χ0) is 26.5. The highest BCUT2D eigenvalue weighted by molar-refractivity contribution is 7.86. The molecule has 0 heterocycles. The van der Waals surface area contributed by atoms with Gasteiger partial charge in [0, 0.05) is 10.8 Å². The van der Waals surface area contributed by atoms with Crippen LogP contribution in [-0.2, 0) is 23.8 Å². The summed E-state index contributed by atoms with van der Waals surface area (Å²) in [7, 11) is -4.08. The number of benzene rings is 1. The van der Waals surface area contributed by atoms with Gasteiger partial charge >= 0.3 is 5.97 Å². The van der Waals surface area contributed by atoms with Crippen LogP contribution in [0.2, 0.25) is 0 Å². The van der Waals surface area contributed by atoms with Gasteiger partial charge < -0.3 is 9.84 Å². The number of rotatable bonds is 6. The lowest BCUT2D eigenvalue weighted by Gasteiger charge is -2.62. The van der Waals surface area contributed by atoms with Crippen LogP contribution in [0.4, 0.5) is 0 Å². The van der Waals surface area contributed by atoms with Crippen LogP contribution in [0.1, 0.15) is 71.8 Å². The van der Waals surface area contributed by atoms with Crippen LogP contribution in [0, 0.1) is 40.9 Å². The highest BCUT2D eigenvalue weighted by Crippen LogP contribution is 2.69.